The maximum absolute atomic E-state index is 4.64. The minimum atomic E-state index is 0. The van der Waals surface area contributed by atoms with Crippen LogP contribution in [0.3, 0.4) is 0 Å². The molecule has 1 aromatic heterocycles. The molecule has 146 valence electrons. The average Bonchev–Trinajstić information content (AvgIpc) is 3.30. The van der Waals surface area contributed by atoms with Crippen LogP contribution in [0.4, 0.5) is 0 Å². The fourth-order valence-corrected chi connectivity index (χ4v) is 3.66. The molecule has 0 radical (unpaired) electrons. The van der Waals surface area contributed by atoms with Crippen LogP contribution in [0.1, 0.15) is 25.5 Å². The lowest BCUT2D eigenvalue weighted by atomic mass is 10.1. The Bertz CT molecular complexity index is 755. The summed E-state index contributed by atoms with van der Waals surface area (Å²) in [7, 11) is 1.83. The molecule has 2 aromatic rings. The van der Waals surface area contributed by atoms with Crippen molar-refractivity contribution in [2.45, 2.75) is 38.4 Å². The molecule has 7 heteroatoms. The van der Waals surface area contributed by atoms with E-state index >= 15 is 0 Å². The van der Waals surface area contributed by atoms with Crippen molar-refractivity contribution in [3.05, 3.63) is 48.3 Å². The smallest absolute Gasteiger partial charge is 0.191 e. The largest absolute Gasteiger partial charge is 0.352 e. The Balaban J connectivity index is 0.00000210. The highest BCUT2D eigenvalue weighted by Crippen LogP contribution is 2.31. The van der Waals surface area contributed by atoms with Gasteiger partial charge < -0.3 is 10.6 Å². The molecule has 0 bridgehead atoms. The number of aliphatic imine (C=N–C) groups is 1. The molecule has 4 rings (SSSR count). The van der Waals surface area contributed by atoms with Crippen LogP contribution in [0, 0.1) is 5.92 Å². The number of para-hydroxylation sites is 1. The molecule has 0 amide bonds. The van der Waals surface area contributed by atoms with Crippen molar-refractivity contribution < 1.29 is 0 Å². The zero-order valence-corrected chi connectivity index (χ0v) is 18.3. The summed E-state index contributed by atoms with van der Waals surface area (Å²) < 4.78 is 1.90. The Morgan fingerprint density at radius 3 is 2.67 bits per heavy atom. The van der Waals surface area contributed by atoms with Gasteiger partial charge in [0.2, 0.25) is 0 Å². The number of hydrogen-bond donors (Lipinski definition) is 2. The first-order chi connectivity index (χ1) is 12.7. The number of guanidine groups is 1. The Morgan fingerprint density at radius 1 is 1.19 bits per heavy atom. The van der Waals surface area contributed by atoms with Crippen molar-refractivity contribution in [3.63, 3.8) is 0 Å². The van der Waals surface area contributed by atoms with Gasteiger partial charge in [0.15, 0.2) is 5.96 Å². The van der Waals surface area contributed by atoms with Crippen LogP contribution in [-0.4, -0.2) is 52.9 Å². The molecule has 1 aromatic carbocycles. The highest BCUT2D eigenvalue weighted by molar-refractivity contribution is 14.0. The number of halogens is 1. The Labute approximate surface area is 178 Å². The Kier molecular flexibility index (Phi) is 6.75. The fourth-order valence-electron chi connectivity index (χ4n) is 3.66. The van der Waals surface area contributed by atoms with Gasteiger partial charge in [0.1, 0.15) is 0 Å². The van der Waals surface area contributed by atoms with E-state index in [1.165, 1.54) is 19.4 Å². The van der Waals surface area contributed by atoms with E-state index in [4.69, 9.17) is 0 Å². The number of nitrogens with one attached hydrogen (secondary N) is 2. The van der Waals surface area contributed by atoms with Crippen LogP contribution in [-0.2, 0) is 6.54 Å². The summed E-state index contributed by atoms with van der Waals surface area (Å²) in [6.07, 6.45) is 4.74. The van der Waals surface area contributed by atoms with Crippen LogP contribution in [0.2, 0.25) is 0 Å². The van der Waals surface area contributed by atoms with Gasteiger partial charge in [0.05, 0.1) is 17.9 Å². The van der Waals surface area contributed by atoms with Crippen molar-refractivity contribution in [3.8, 4) is 5.69 Å². The zero-order chi connectivity index (χ0) is 17.9. The van der Waals surface area contributed by atoms with E-state index in [1.54, 1.807) is 0 Å². The third kappa shape index (κ3) is 5.01. The van der Waals surface area contributed by atoms with Crippen molar-refractivity contribution in [2.75, 3.05) is 20.1 Å². The number of likely N-dealkylation sites (tertiary alicyclic amines) is 1. The van der Waals surface area contributed by atoms with Gasteiger partial charge in [-0.1, -0.05) is 25.1 Å². The van der Waals surface area contributed by atoms with Gasteiger partial charge in [0.25, 0.3) is 0 Å². The Hall–Kier alpha value is -1.61. The van der Waals surface area contributed by atoms with E-state index in [9.17, 15) is 0 Å². The van der Waals surface area contributed by atoms with E-state index in [2.05, 4.69) is 44.7 Å². The topological polar surface area (TPSA) is 57.5 Å². The van der Waals surface area contributed by atoms with Gasteiger partial charge in [-0.25, -0.2) is 4.68 Å². The molecule has 1 saturated heterocycles. The number of aromatic nitrogens is 2. The molecule has 0 spiro atoms. The Morgan fingerprint density at radius 2 is 1.96 bits per heavy atom. The number of benzene rings is 1. The van der Waals surface area contributed by atoms with Crippen LogP contribution in [0.5, 0.6) is 0 Å². The normalized spacial score (nSPS) is 23.1. The van der Waals surface area contributed by atoms with Crippen molar-refractivity contribution in [2.24, 2.45) is 10.9 Å². The standard InChI is InChI=1S/C20H28N6.HI/c1-15-13-25(17-8-9-17)14-19(15)23-20(21-2)22-12-16-10-11-26(24-16)18-6-4-3-5-7-18;/h3-7,10-11,15,17,19H,8-9,12-14H2,1-2H3,(H2,21,22,23);1H. The quantitative estimate of drug-likeness (QED) is 0.393. The lowest BCUT2D eigenvalue weighted by molar-refractivity contribution is 0.315. The zero-order valence-electron chi connectivity index (χ0n) is 16.0. The van der Waals surface area contributed by atoms with E-state index in [0.29, 0.717) is 18.5 Å². The van der Waals surface area contributed by atoms with Crippen LogP contribution >= 0.6 is 24.0 Å². The van der Waals surface area contributed by atoms with Crippen LogP contribution in [0.15, 0.2) is 47.6 Å². The first kappa shape index (κ1) is 20.1. The van der Waals surface area contributed by atoms with E-state index in [-0.39, 0.29) is 24.0 Å². The second kappa shape index (κ2) is 9.05. The first-order valence-corrected chi connectivity index (χ1v) is 9.54. The summed E-state index contributed by atoms with van der Waals surface area (Å²) >= 11 is 0. The van der Waals surface area contributed by atoms with E-state index < -0.39 is 0 Å². The SMILES string of the molecule is CN=C(NCc1ccn(-c2ccccc2)n1)NC1CN(C2CC2)CC1C.I. The fraction of sp³-hybridized carbons (Fsp3) is 0.500. The van der Waals surface area contributed by atoms with E-state index in [0.717, 1.165) is 29.9 Å². The van der Waals surface area contributed by atoms with Gasteiger partial charge in [-0.15, -0.1) is 24.0 Å². The molecule has 2 aliphatic rings. The maximum atomic E-state index is 4.64. The van der Waals surface area contributed by atoms with Crippen molar-refractivity contribution in [1.29, 1.82) is 0 Å². The summed E-state index contributed by atoms with van der Waals surface area (Å²) in [6.45, 7) is 5.30. The van der Waals surface area contributed by atoms with Gasteiger partial charge in [-0.3, -0.25) is 9.89 Å². The molecule has 1 saturated carbocycles. The highest BCUT2D eigenvalue weighted by atomic mass is 127. The summed E-state index contributed by atoms with van der Waals surface area (Å²) in [5, 5.41) is 11.6. The van der Waals surface area contributed by atoms with Gasteiger partial charge >= 0.3 is 0 Å². The van der Waals surface area contributed by atoms with Gasteiger partial charge in [-0.05, 0) is 37.0 Å². The number of rotatable bonds is 5. The molecule has 6 nitrogen and oxygen atoms in total. The molecule has 1 aliphatic carbocycles. The first-order valence-electron chi connectivity index (χ1n) is 9.54. The molecule has 27 heavy (non-hydrogen) atoms. The minimum absolute atomic E-state index is 0. The van der Waals surface area contributed by atoms with E-state index in [1.807, 2.05) is 42.2 Å². The van der Waals surface area contributed by atoms with Crippen molar-refractivity contribution >= 4 is 29.9 Å². The molecule has 2 unspecified atom stereocenters. The predicted molar refractivity (Wildman–Crippen MR) is 120 cm³/mol. The third-order valence-corrected chi connectivity index (χ3v) is 5.35. The van der Waals surface area contributed by atoms with Crippen LogP contribution in [0.25, 0.3) is 5.69 Å². The second-order valence-corrected chi connectivity index (χ2v) is 7.43. The molecule has 2 N–H and O–H groups in total. The van der Waals surface area contributed by atoms with Crippen LogP contribution < -0.4 is 10.6 Å². The third-order valence-electron chi connectivity index (χ3n) is 5.35. The monoisotopic (exact) mass is 480 g/mol. The maximum Gasteiger partial charge on any atom is 0.191 e. The summed E-state index contributed by atoms with van der Waals surface area (Å²) in [5.41, 5.74) is 2.07. The predicted octanol–water partition coefficient (Wildman–Crippen LogP) is 2.64. The number of hydrogen-bond acceptors (Lipinski definition) is 3. The molecular formula is C20H29IN6. The van der Waals surface area contributed by atoms with Gasteiger partial charge in [-0.2, -0.15) is 5.10 Å². The summed E-state index contributed by atoms with van der Waals surface area (Å²) in [6, 6.07) is 13.5. The molecular weight excluding hydrogens is 451 g/mol. The molecule has 2 atom stereocenters. The van der Waals surface area contributed by atoms with Gasteiger partial charge in [0, 0.05) is 38.4 Å². The number of nitrogens with zero attached hydrogens (tertiary/aromatic N) is 4. The average molecular weight is 480 g/mol. The lowest BCUT2D eigenvalue weighted by Gasteiger charge is -2.20. The lowest BCUT2D eigenvalue weighted by Crippen LogP contribution is -2.46. The molecule has 2 heterocycles. The minimum Gasteiger partial charge on any atom is -0.352 e. The summed E-state index contributed by atoms with van der Waals surface area (Å²) in [5.74, 6) is 1.50. The molecule has 2 fully saturated rings. The highest BCUT2D eigenvalue weighted by Gasteiger charge is 2.38. The molecule has 1 aliphatic heterocycles. The second-order valence-electron chi connectivity index (χ2n) is 7.43. The summed E-state index contributed by atoms with van der Waals surface area (Å²) in [4.78, 5) is 7.02. The van der Waals surface area contributed by atoms with Crippen molar-refractivity contribution in [1.82, 2.24) is 25.3 Å².